The highest BCUT2D eigenvalue weighted by Gasteiger charge is 2.23. The summed E-state index contributed by atoms with van der Waals surface area (Å²) >= 11 is 0. The first-order valence-electron chi connectivity index (χ1n) is 7.06. The monoisotopic (exact) mass is 277 g/mol. The van der Waals surface area contributed by atoms with Gasteiger partial charge in [-0.05, 0) is 30.5 Å². The van der Waals surface area contributed by atoms with Crippen LogP contribution in [0, 0.1) is 0 Å². The van der Waals surface area contributed by atoms with Gasteiger partial charge in [-0.1, -0.05) is 30.1 Å². The van der Waals surface area contributed by atoms with Gasteiger partial charge < -0.3 is 15.7 Å². The van der Waals surface area contributed by atoms with Gasteiger partial charge in [-0.3, -0.25) is 4.90 Å². The molecule has 0 spiro atoms. The fraction of sp³-hybridized carbons (Fsp3) is 0.533. The molecular weight excluding hydrogens is 254 g/mol. The fourth-order valence-electron chi connectivity index (χ4n) is 2.83. The molecule has 0 atom stereocenters. The minimum absolute atomic E-state index is 0.264. The van der Waals surface area contributed by atoms with E-state index in [0.29, 0.717) is 12.6 Å². The van der Waals surface area contributed by atoms with E-state index in [1.54, 1.807) is 7.11 Å². The van der Waals surface area contributed by atoms with Gasteiger partial charge in [-0.25, -0.2) is 0 Å². The lowest BCUT2D eigenvalue weighted by atomic mass is 10.1. The van der Waals surface area contributed by atoms with Crippen molar-refractivity contribution in [3.63, 3.8) is 0 Å². The highest BCUT2D eigenvalue weighted by Crippen LogP contribution is 2.25. The molecule has 1 aliphatic carbocycles. The summed E-state index contributed by atoms with van der Waals surface area (Å²) in [7, 11) is 1.67. The van der Waals surface area contributed by atoms with E-state index in [2.05, 4.69) is 16.1 Å². The molecule has 5 nitrogen and oxygen atoms in total. The Hall–Kier alpha value is -1.75. The Morgan fingerprint density at radius 2 is 2.20 bits per heavy atom. The zero-order chi connectivity index (χ0) is 14.4. The minimum atomic E-state index is 0.264. The molecule has 110 valence electrons. The van der Waals surface area contributed by atoms with E-state index in [1.165, 1.54) is 31.2 Å². The van der Waals surface area contributed by atoms with Crippen molar-refractivity contribution < 1.29 is 9.94 Å². The van der Waals surface area contributed by atoms with Crippen LogP contribution in [0.3, 0.4) is 0 Å². The van der Waals surface area contributed by atoms with E-state index < -0.39 is 0 Å². The summed E-state index contributed by atoms with van der Waals surface area (Å²) in [6.45, 7) is 1.29. The molecular formula is C15H23N3O2. The summed E-state index contributed by atoms with van der Waals surface area (Å²) in [4.78, 5) is 2.29. The number of methoxy groups -OCH3 is 1. The molecule has 2 rings (SSSR count). The first-order valence-corrected chi connectivity index (χ1v) is 7.06. The summed E-state index contributed by atoms with van der Waals surface area (Å²) in [5, 5.41) is 11.9. The number of hydrogen-bond donors (Lipinski definition) is 2. The number of hydrogen-bond acceptors (Lipinski definition) is 4. The normalized spacial score (nSPS) is 16.8. The van der Waals surface area contributed by atoms with Gasteiger partial charge in [0.05, 0.1) is 13.7 Å². The van der Waals surface area contributed by atoms with Crippen LogP contribution < -0.4 is 10.5 Å². The number of nitrogens with zero attached hydrogens (tertiary/aromatic N) is 2. The molecule has 1 saturated carbocycles. The van der Waals surface area contributed by atoms with Gasteiger partial charge in [0.2, 0.25) is 0 Å². The van der Waals surface area contributed by atoms with Gasteiger partial charge in [-0.2, -0.15) is 0 Å². The van der Waals surface area contributed by atoms with Crippen molar-refractivity contribution >= 4 is 5.84 Å². The van der Waals surface area contributed by atoms with Crippen molar-refractivity contribution in [2.24, 2.45) is 10.9 Å². The van der Waals surface area contributed by atoms with Crippen LogP contribution in [0.25, 0.3) is 0 Å². The van der Waals surface area contributed by atoms with Gasteiger partial charge in [0.1, 0.15) is 5.75 Å². The third kappa shape index (κ3) is 3.87. The van der Waals surface area contributed by atoms with E-state index in [0.717, 1.165) is 12.3 Å². The number of benzene rings is 1. The molecule has 0 aliphatic heterocycles. The van der Waals surface area contributed by atoms with Crippen LogP contribution in [-0.4, -0.2) is 35.6 Å². The second-order valence-electron chi connectivity index (χ2n) is 5.29. The first-order chi connectivity index (χ1) is 9.72. The van der Waals surface area contributed by atoms with Gasteiger partial charge in [0.25, 0.3) is 0 Å². The smallest absolute Gasteiger partial charge is 0.153 e. The maximum atomic E-state index is 8.79. The van der Waals surface area contributed by atoms with Crippen molar-refractivity contribution in [2.75, 3.05) is 13.7 Å². The Kier molecular flexibility index (Phi) is 5.24. The van der Waals surface area contributed by atoms with Crippen molar-refractivity contribution in [1.82, 2.24) is 4.90 Å². The first kappa shape index (κ1) is 14.7. The van der Waals surface area contributed by atoms with Gasteiger partial charge >= 0.3 is 0 Å². The quantitative estimate of drug-likeness (QED) is 0.362. The summed E-state index contributed by atoms with van der Waals surface area (Å²) < 4.78 is 5.26. The van der Waals surface area contributed by atoms with Crippen LogP contribution in [0.4, 0.5) is 0 Å². The van der Waals surface area contributed by atoms with E-state index >= 15 is 0 Å². The Balaban J connectivity index is 2.09. The highest BCUT2D eigenvalue weighted by molar-refractivity contribution is 5.81. The Bertz CT molecular complexity index is 456. The van der Waals surface area contributed by atoms with Crippen LogP contribution in [0.1, 0.15) is 31.2 Å². The van der Waals surface area contributed by atoms with Crippen molar-refractivity contribution in [2.45, 2.75) is 38.3 Å². The number of ether oxygens (including phenoxy) is 1. The third-order valence-electron chi connectivity index (χ3n) is 3.85. The average molecular weight is 277 g/mol. The fourth-order valence-corrected chi connectivity index (χ4v) is 2.83. The van der Waals surface area contributed by atoms with Gasteiger partial charge in [0, 0.05) is 12.6 Å². The van der Waals surface area contributed by atoms with Crippen LogP contribution in [-0.2, 0) is 6.54 Å². The molecule has 0 unspecified atom stereocenters. The molecule has 20 heavy (non-hydrogen) atoms. The molecule has 5 heteroatoms. The average Bonchev–Trinajstić information content (AvgIpc) is 3.00. The van der Waals surface area contributed by atoms with Crippen molar-refractivity contribution in [1.29, 1.82) is 0 Å². The number of nitrogens with two attached hydrogens (primary N) is 1. The Labute approximate surface area is 120 Å². The summed E-state index contributed by atoms with van der Waals surface area (Å²) in [5.74, 6) is 1.12. The molecule has 0 heterocycles. The SMILES string of the molecule is COc1cccc(CN(CC(N)=NO)C2CCCC2)c1. The standard InChI is InChI=1S/C15H23N3O2/c1-20-14-8-4-5-12(9-14)10-18(11-15(16)17-19)13-6-2-3-7-13/h4-5,8-9,13,19H,2-3,6-7,10-11H2,1H3,(H2,16,17). The second-order valence-corrected chi connectivity index (χ2v) is 5.29. The molecule has 1 aromatic rings. The molecule has 0 aromatic heterocycles. The molecule has 0 saturated heterocycles. The summed E-state index contributed by atoms with van der Waals surface area (Å²) in [6, 6.07) is 8.56. The molecule has 1 aromatic carbocycles. The van der Waals surface area contributed by atoms with E-state index in [9.17, 15) is 0 Å². The highest BCUT2D eigenvalue weighted by atomic mass is 16.5. The van der Waals surface area contributed by atoms with Gasteiger partial charge in [-0.15, -0.1) is 0 Å². The van der Waals surface area contributed by atoms with Crippen LogP contribution in [0.2, 0.25) is 0 Å². The lowest BCUT2D eigenvalue weighted by Crippen LogP contribution is -2.39. The Morgan fingerprint density at radius 1 is 1.45 bits per heavy atom. The largest absolute Gasteiger partial charge is 0.497 e. The summed E-state index contributed by atoms with van der Waals surface area (Å²) in [6.07, 6.45) is 4.89. The maximum Gasteiger partial charge on any atom is 0.153 e. The van der Waals surface area contributed by atoms with Crippen molar-refractivity contribution in [3.05, 3.63) is 29.8 Å². The topological polar surface area (TPSA) is 71.1 Å². The van der Waals surface area contributed by atoms with Gasteiger partial charge in [0.15, 0.2) is 5.84 Å². The zero-order valence-corrected chi connectivity index (χ0v) is 12.0. The van der Waals surface area contributed by atoms with Crippen molar-refractivity contribution in [3.8, 4) is 5.75 Å². The number of amidine groups is 1. The molecule has 1 fully saturated rings. The molecule has 0 amide bonds. The third-order valence-corrected chi connectivity index (χ3v) is 3.85. The number of oxime groups is 1. The second kappa shape index (κ2) is 7.14. The number of rotatable bonds is 6. The molecule has 3 N–H and O–H groups in total. The summed E-state index contributed by atoms with van der Waals surface area (Å²) in [5.41, 5.74) is 6.87. The molecule has 0 radical (unpaired) electrons. The van der Waals surface area contributed by atoms with E-state index in [1.807, 2.05) is 18.2 Å². The Morgan fingerprint density at radius 3 is 2.85 bits per heavy atom. The van der Waals surface area contributed by atoms with E-state index in [-0.39, 0.29) is 5.84 Å². The predicted octanol–water partition coefficient (Wildman–Crippen LogP) is 2.19. The maximum absolute atomic E-state index is 8.79. The van der Waals surface area contributed by atoms with Crippen LogP contribution in [0.15, 0.2) is 29.4 Å². The van der Waals surface area contributed by atoms with Crippen LogP contribution >= 0.6 is 0 Å². The predicted molar refractivity (Wildman–Crippen MR) is 79.1 cm³/mol. The van der Waals surface area contributed by atoms with E-state index in [4.69, 9.17) is 15.7 Å². The lowest BCUT2D eigenvalue weighted by molar-refractivity contribution is 0.214. The lowest BCUT2D eigenvalue weighted by Gasteiger charge is -2.28. The molecule has 0 bridgehead atoms. The van der Waals surface area contributed by atoms with Crippen LogP contribution in [0.5, 0.6) is 5.75 Å². The zero-order valence-electron chi connectivity index (χ0n) is 12.0. The minimum Gasteiger partial charge on any atom is -0.497 e. The molecule has 1 aliphatic rings.